The van der Waals surface area contributed by atoms with Gasteiger partial charge in [-0.2, -0.15) is 0 Å². The molecular weight excluding hydrogens is 431 g/mol. The summed E-state index contributed by atoms with van der Waals surface area (Å²) < 4.78 is 20.5. The molecule has 0 spiro atoms. The maximum absolute atomic E-state index is 13.4. The van der Waals surface area contributed by atoms with Crippen molar-refractivity contribution in [2.24, 2.45) is 0 Å². The molecule has 0 saturated carbocycles. The SMILES string of the molecule is COc1ccc(N2CCN([C@@H](c3ccccc3)c3nnnn3Cc3ccc(F)cc3)CC2)cc1. The Kier molecular flexibility index (Phi) is 6.49. The molecule has 4 aromatic rings. The van der Waals surface area contributed by atoms with Crippen LogP contribution in [0.5, 0.6) is 5.75 Å². The Morgan fingerprint density at radius 3 is 2.26 bits per heavy atom. The summed E-state index contributed by atoms with van der Waals surface area (Å²) in [7, 11) is 1.68. The van der Waals surface area contributed by atoms with Crippen molar-refractivity contribution in [3.8, 4) is 5.75 Å². The first-order chi connectivity index (χ1) is 16.7. The maximum atomic E-state index is 13.4. The highest BCUT2D eigenvalue weighted by molar-refractivity contribution is 5.49. The van der Waals surface area contributed by atoms with Crippen molar-refractivity contribution in [3.63, 3.8) is 0 Å². The number of benzene rings is 3. The van der Waals surface area contributed by atoms with Gasteiger partial charge in [0.1, 0.15) is 11.6 Å². The number of rotatable bonds is 7. The summed E-state index contributed by atoms with van der Waals surface area (Å²) in [5.74, 6) is 1.39. The minimum absolute atomic E-state index is 0.0744. The van der Waals surface area contributed by atoms with E-state index in [1.165, 1.54) is 17.8 Å². The predicted octanol–water partition coefficient (Wildman–Crippen LogP) is 3.78. The molecule has 0 bridgehead atoms. The second kappa shape index (κ2) is 10.0. The molecule has 1 aromatic heterocycles. The molecule has 0 amide bonds. The van der Waals surface area contributed by atoms with Crippen molar-refractivity contribution in [1.29, 1.82) is 0 Å². The smallest absolute Gasteiger partial charge is 0.173 e. The Morgan fingerprint density at radius 1 is 0.882 bits per heavy atom. The number of ether oxygens (including phenoxy) is 1. The summed E-state index contributed by atoms with van der Waals surface area (Å²) in [6, 6.07) is 25.0. The van der Waals surface area contributed by atoms with Gasteiger partial charge in [-0.3, -0.25) is 4.90 Å². The van der Waals surface area contributed by atoms with E-state index in [-0.39, 0.29) is 11.9 Å². The first kappa shape index (κ1) is 22.0. The average molecular weight is 459 g/mol. The average Bonchev–Trinajstić information content (AvgIpc) is 3.34. The van der Waals surface area contributed by atoms with Gasteiger partial charge in [0.05, 0.1) is 19.7 Å². The highest BCUT2D eigenvalue weighted by Crippen LogP contribution is 2.29. The minimum Gasteiger partial charge on any atom is -0.497 e. The number of hydrogen-bond acceptors (Lipinski definition) is 6. The Hall–Kier alpha value is -3.78. The summed E-state index contributed by atoms with van der Waals surface area (Å²) in [5, 5.41) is 12.7. The van der Waals surface area contributed by atoms with Crippen molar-refractivity contribution < 1.29 is 9.13 Å². The monoisotopic (exact) mass is 458 g/mol. The number of halogens is 1. The lowest BCUT2D eigenvalue weighted by Gasteiger charge is -2.40. The molecule has 1 fully saturated rings. The van der Waals surface area contributed by atoms with Crippen LogP contribution in [0.1, 0.15) is 23.0 Å². The molecule has 1 atom stereocenters. The number of piperazine rings is 1. The highest BCUT2D eigenvalue weighted by atomic mass is 19.1. The zero-order valence-corrected chi connectivity index (χ0v) is 19.1. The molecule has 0 radical (unpaired) electrons. The highest BCUT2D eigenvalue weighted by Gasteiger charge is 2.30. The molecule has 34 heavy (non-hydrogen) atoms. The fourth-order valence-electron chi connectivity index (χ4n) is 4.47. The van der Waals surface area contributed by atoms with Gasteiger partial charge >= 0.3 is 0 Å². The molecule has 3 aromatic carbocycles. The normalized spacial score (nSPS) is 15.3. The van der Waals surface area contributed by atoms with Crippen LogP contribution in [-0.2, 0) is 6.54 Å². The standard InChI is InChI=1S/C26H27FN6O/c1-34-24-13-11-23(12-14-24)31-15-17-32(18-16-31)25(21-5-3-2-4-6-21)26-28-29-30-33(26)19-20-7-9-22(27)10-8-20/h2-14,25H,15-19H2,1H3/t25-/m0/s1. The van der Waals surface area contributed by atoms with Crippen LogP contribution in [0.4, 0.5) is 10.1 Å². The molecule has 0 N–H and O–H groups in total. The van der Waals surface area contributed by atoms with Crippen molar-refractivity contribution in [1.82, 2.24) is 25.1 Å². The van der Waals surface area contributed by atoms with Gasteiger partial charge in [-0.15, -0.1) is 5.10 Å². The minimum atomic E-state index is -0.252. The van der Waals surface area contributed by atoms with E-state index in [4.69, 9.17) is 4.74 Å². The summed E-state index contributed by atoms with van der Waals surface area (Å²) >= 11 is 0. The molecule has 174 valence electrons. The van der Waals surface area contributed by atoms with E-state index in [1.54, 1.807) is 19.2 Å². The van der Waals surface area contributed by atoms with Gasteiger partial charge in [0, 0.05) is 31.9 Å². The number of nitrogens with zero attached hydrogens (tertiary/aromatic N) is 6. The number of aromatic nitrogens is 4. The van der Waals surface area contributed by atoms with E-state index >= 15 is 0 Å². The van der Waals surface area contributed by atoms with E-state index in [0.717, 1.165) is 48.9 Å². The molecule has 2 heterocycles. The largest absolute Gasteiger partial charge is 0.497 e. The molecule has 0 unspecified atom stereocenters. The fourth-order valence-corrected chi connectivity index (χ4v) is 4.47. The van der Waals surface area contributed by atoms with Crippen LogP contribution in [0.2, 0.25) is 0 Å². The van der Waals surface area contributed by atoms with Crippen LogP contribution in [-0.4, -0.2) is 58.4 Å². The second-order valence-electron chi connectivity index (χ2n) is 8.36. The van der Waals surface area contributed by atoms with Crippen LogP contribution in [0.25, 0.3) is 0 Å². The summed E-state index contributed by atoms with van der Waals surface area (Å²) in [6.45, 7) is 4.02. The van der Waals surface area contributed by atoms with E-state index in [1.807, 2.05) is 35.0 Å². The number of anilines is 1. The molecule has 5 rings (SSSR count). The van der Waals surface area contributed by atoms with Crippen molar-refractivity contribution in [2.75, 3.05) is 38.2 Å². The molecular formula is C26H27FN6O. The topological polar surface area (TPSA) is 59.3 Å². The van der Waals surface area contributed by atoms with Crippen LogP contribution in [0, 0.1) is 5.82 Å². The third kappa shape index (κ3) is 4.77. The summed E-state index contributed by atoms with van der Waals surface area (Å²) in [6.07, 6.45) is 0. The van der Waals surface area contributed by atoms with Crippen molar-refractivity contribution in [2.45, 2.75) is 12.6 Å². The third-order valence-electron chi connectivity index (χ3n) is 6.28. The maximum Gasteiger partial charge on any atom is 0.173 e. The number of tetrazole rings is 1. The van der Waals surface area contributed by atoms with Crippen LogP contribution < -0.4 is 9.64 Å². The Labute approximate surface area is 198 Å². The van der Waals surface area contributed by atoms with Gasteiger partial charge in [0.2, 0.25) is 0 Å². The number of hydrogen-bond donors (Lipinski definition) is 0. The van der Waals surface area contributed by atoms with Gasteiger partial charge in [-0.25, -0.2) is 9.07 Å². The quantitative estimate of drug-likeness (QED) is 0.420. The van der Waals surface area contributed by atoms with Crippen molar-refractivity contribution in [3.05, 3.63) is 102 Å². The molecule has 7 nitrogen and oxygen atoms in total. The van der Waals surface area contributed by atoms with E-state index in [9.17, 15) is 4.39 Å². The molecule has 1 aliphatic heterocycles. The zero-order chi connectivity index (χ0) is 23.3. The van der Waals surface area contributed by atoms with Gasteiger partial charge in [0.25, 0.3) is 0 Å². The molecule has 1 saturated heterocycles. The first-order valence-corrected chi connectivity index (χ1v) is 11.4. The Bertz CT molecular complexity index is 1190. The van der Waals surface area contributed by atoms with Crippen molar-refractivity contribution >= 4 is 5.69 Å². The Morgan fingerprint density at radius 2 is 1.59 bits per heavy atom. The van der Waals surface area contributed by atoms with Gasteiger partial charge in [-0.1, -0.05) is 42.5 Å². The lowest BCUT2D eigenvalue weighted by molar-refractivity contribution is 0.201. The fraction of sp³-hybridized carbons (Fsp3) is 0.269. The number of methoxy groups -OCH3 is 1. The lowest BCUT2D eigenvalue weighted by Crippen LogP contribution is -2.48. The third-order valence-corrected chi connectivity index (χ3v) is 6.28. The van der Waals surface area contributed by atoms with Gasteiger partial charge in [0.15, 0.2) is 5.82 Å². The van der Waals surface area contributed by atoms with Crippen LogP contribution in [0.3, 0.4) is 0 Å². The molecule has 1 aliphatic rings. The molecule has 8 heteroatoms. The first-order valence-electron chi connectivity index (χ1n) is 11.4. The van der Waals surface area contributed by atoms with E-state index in [2.05, 4.69) is 49.6 Å². The zero-order valence-electron chi connectivity index (χ0n) is 19.1. The predicted molar refractivity (Wildman–Crippen MR) is 128 cm³/mol. The second-order valence-corrected chi connectivity index (χ2v) is 8.36. The molecule has 0 aliphatic carbocycles. The van der Waals surface area contributed by atoms with Crippen LogP contribution in [0.15, 0.2) is 78.9 Å². The Balaban J connectivity index is 1.38. The lowest BCUT2D eigenvalue weighted by atomic mass is 10.0. The van der Waals surface area contributed by atoms with E-state index in [0.29, 0.717) is 6.54 Å². The summed E-state index contributed by atoms with van der Waals surface area (Å²) in [4.78, 5) is 4.82. The summed E-state index contributed by atoms with van der Waals surface area (Å²) in [5.41, 5.74) is 3.29. The van der Waals surface area contributed by atoms with E-state index < -0.39 is 0 Å². The van der Waals surface area contributed by atoms with Gasteiger partial charge < -0.3 is 9.64 Å². The van der Waals surface area contributed by atoms with Crippen LogP contribution >= 0.6 is 0 Å². The van der Waals surface area contributed by atoms with Gasteiger partial charge in [-0.05, 0) is 58.0 Å².